The van der Waals surface area contributed by atoms with Gasteiger partial charge in [0.25, 0.3) is 5.84 Å². The van der Waals surface area contributed by atoms with Crippen molar-refractivity contribution in [3.63, 3.8) is 0 Å². The van der Waals surface area contributed by atoms with Crippen molar-refractivity contribution >= 4 is 11.8 Å². The van der Waals surface area contributed by atoms with E-state index >= 15 is 0 Å². The minimum atomic E-state index is -0.571. The summed E-state index contributed by atoms with van der Waals surface area (Å²) >= 11 is 0. The molecule has 2 aromatic carbocycles. The van der Waals surface area contributed by atoms with E-state index in [1.54, 1.807) is 19.2 Å². The number of carbonyl (C=O) groups is 1. The summed E-state index contributed by atoms with van der Waals surface area (Å²) in [6, 6.07) is 14.9. The lowest BCUT2D eigenvalue weighted by atomic mass is 10.1. The third-order valence-electron chi connectivity index (χ3n) is 3.25. The second kappa shape index (κ2) is 8.57. The summed E-state index contributed by atoms with van der Waals surface area (Å²) < 4.78 is 10.6. The van der Waals surface area contributed by atoms with Crippen molar-refractivity contribution in [1.82, 2.24) is 0 Å². The number of carbonyl (C=O) groups excluding carboxylic acids is 1. The number of nitrogens with two attached hydrogens (primary N) is 1. The van der Waals surface area contributed by atoms with Crippen LogP contribution in [0.2, 0.25) is 0 Å². The van der Waals surface area contributed by atoms with Crippen LogP contribution >= 0.6 is 0 Å². The first-order valence-corrected chi connectivity index (χ1v) is 7.47. The second-order valence-corrected chi connectivity index (χ2v) is 5.19. The average Bonchev–Trinajstić information content (AvgIpc) is 2.60. The van der Waals surface area contributed by atoms with Crippen molar-refractivity contribution in [1.29, 1.82) is 0 Å². The number of methoxy groups -OCH3 is 1. The van der Waals surface area contributed by atoms with Gasteiger partial charge in [-0.15, -0.1) is 0 Å². The van der Waals surface area contributed by atoms with Crippen molar-refractivity contribution in [2.75, 3.05) is 13.7 Å². The summed E-state index contributed by atoms with van der Waals surface area (Å²) in [4.78, 5) is 16.5. The molecular weight excluding hydrogens is 308 g/mol. The lowest BCUT2D eigenvalue weighted by Crippen LogP contribution is -2.76. The van der Waals surface area contributed by atoms with Crippen molar-refractivity contribution in [3.8, 4) is 11.5 Å². The first-order valence-electron chi connectivity index (χ1n) is 7.47. The number of amidine groups is 1. The van der Waals surface area contributed by atoms with E-state index in [0.717, 1.165) is 16.9 Å². The Bertz CT molecular complexity index is 711. The Morgan fingerprint density at radius 3 is 2.54 bits per heavy atom. The van der Waals surface area contributed by atoms with Gasteiger partial charge in [0.2, 0.25) is 0 Å². The van der Waals surface area contributed by atoms with Crippen LogP contribution in [0.25, 0.3) is 0 Å². The molecule has 0 atom stereocenters. The van der Waals surface area contributed by atoms with Gasteiger partial charge in [0.05, 0.1) is 13.5 Å². The first kappa shape index (κ1) is 17.3. The third kappa shape index (κ3) is 5.31. The molecular formula is C18H21N2O4+. The van der Waals surface area contributed by atoms with E-state index in [1.807, 2.05) is 43.3 Å². The molecule has 126 valence electrons. The molecule has 6 heteroatoms. The van der Waals surface area contributed by atoms with Gasteiger partial charge in [-0.3, -0.25) is 10.6 Å². The van der Waals surface area contributed by atoms with Crippen LogP contribution in [0.4, 0.5) is 0 Å². The van der Waals surface area contributed by atoms with Gasteiger partial charge in [0.1, 0.15) is 11.5 Å². The molecule has 2 aromatic rings. The van der Waals surface area contributed by atoms with Gasteiger partial charge in [-0.05, 0) is 25.1 Å². The molecule has 0 radical (unpaired) electrons. The molecule has 2 rings (SSSR count). The highest BCUT2D eigenvalue weighted by Crippen LogP contribution is 2.17. The Balaban J connectivity index is 1.83. The topological polar surface area (TPSA) is 84.8 Å². The Morgan fingerprint density at radius 1 is 1.12 bits per heavy atom. The molecule has 24 heavy (non-hydrogen) atoms. The summed E-state index contributed by atoms with van der Waals surface area (Å²) in [7, 11) is 1.59. The normalized spacial score (nSPS) is 11.0. The van der Waals surface area contributed by atoms with Crippen molar-refractivity contribution in [2.45, 2.75) is 13.3 Å². The number of benzene rings is 2. The number of para-hydroxylation sites is 1. The molecule has 0 amide bonds. The smallest absolute Gasteiger partial charge is 0.394 e. The predicted molar refractivity (Wildman–Crippen MR) is 89.6 cm³/mol. The van der Waals surface area contributed by atoms with E-state index in [1.165, 1.54) is 0 Å². The van der Waals surface area contributed by atoms with Crippen LogP contribution in [0.3, 0.4) is 0 Å². The molecule has 3 N–H and O–H groups in total. The number of hydrogen-bond acceptors (Lipinski definition) is 4. The first-order chi connectivity index (χ1) is 11.6. The molecule has 0 spiro atoms. The Kier molecular flexibility index (Phi) is 6.19. The zero-order valence-corrected chi connectivity index (χ0v) is 13.7. The van der Waals surface area contributed by atoms with E-state index in [4.69, 9.17) is 20.0 Å². The average molecular weight is 329 g/mol. The van der Waals surface area contributed by atoms with E-state index in [2.05, 4.69) is 5.16 Å². The summed E-state index contributed by atoms with van der Waals surface area (Å²) in [5.41, 5.74) is 7.84. The Hall–Kier alpha value is -3.02. The second-order valence-electron chi connectivity index (χ2n) is 5.19. The molecule has 0 aliphatic rings. The summed E-state index contributed by atoms with van der Waals surface area (Å²) in [6.45, 7) is 1.76. The molecule has 0 aliphatic carbocycles. The molecule has 0 saturated heterocycles. The number of rotatable bonds is 7. The summed E-state index contributed by atoms with van der Waals surface area (Å²) in [6.07, 6.45) is 0.371. The summed E-state index contributed by atoms with van der Waals surface area (Å²) in [5, 5.41) is 2.44. The van der Waals surface area contributed by atoms with Crippen molar-refractivity contribution < 1.29 is 24.3 Å². The van der Waals surface area contributed by atoms with Crippen LogP contribution in [-0.2, 0) is 16.1 Å². The van der Waals surface area contributed by atoms with E-state index in [-0.39, 0.29) is 6.61 Å². The number of hydrogen-bond donors (Lipinski definition) is 2. The fourth-order valence-electron chi connectivity index (χ4n) is 2.02. The van der Waals surface area contributed by atoms with Gasteiger partial charge in [0.15, 0.2) is 6.61 Å². The molecule has 0 unspecified atom stereocenters. The lowest BCUT2D eigenvalue weighted by molar-refractivity contribution is -0.725. The summed E-state index contributed by atoms with van der Waals surface area (Å²) in [5.74, 6) is 1.04. The van der Waals surface area contributed by atoms with Crippen LogP contribution in [-0.4, -0.2) is 25.5 Å². The van der Waals surface area contributed by atoms with E-state index < -0.39 is 5.97 Å². The van der Waals surface area contributed by atoms with Crippen molar-refractivity contribution in [3.05, 3.63) is 59.7 Å². The standard InChI is InChI=1S/C18H20N2O4/c1-13-7-9-15(10-8-13)23-12-18(21)24-20-17(19)11-14-5-3-4-6-16(14)22-2/h3-10H,11-12H2,1-2H3,(H2,19,20)/p+1. The Labute approximate surface area is 140 Å². The lowest BCUT2D eigenvalue weighted by Gasteiger charge is -2.05. The zero-order valence-electron chi connectivity index (χ0n) is 13.7. The highest BCUT2D eigenvalue weighted by atomic mass is 16.7. The predicted octanol–water partition coefficient (Wildman–Crippen LogP) is 0.521. The minimum absolute atomic E-state index is 0.210. The monoisotopic (exact) mass is 329 g/mol. The number of ether oxygens (including phenoxy) is 2. The SMILES string of the molecule is COc1ccccc1CC(N)=[NH+]OC(=O)COc1ccc(C)cc1. The fraction of sp³-hybridized carbons (Fsp3) is 0.222. The highest BCUT2D eigenvalue weighted by molar-refractivity contribution is 5.78. The van der Waals surface area contributed by atoms with Crippen LogP contribution < -0.4 is 20.4 Å². The van der Waals surface area contributed by atoms with Gasteiger partial charge in [-0.1, -0.05) is 41.1 Å². The Morgan fingerprint density at radius 2 is 1.83 bits per heavy atom. The van der Waals surface area contributed by atoms with Gasteiger partial charge >= 0.3 is 5.97 Å². The molecule has 0 bridgehead atoms. The number of nitrogens with one attached hydrogen (secondary N) is 1. The van der Waals surface area contributed by atoms with Crippen LogP contribution in [0.5, 0.6) is 11.5 Å². The molecule has 0 aromatic heterocycles. The zero-order chi connectivity index (χ0) is 17.4. The van der Waals surface area contributed by atoms with Gasteiger partial charge < -0.3 is 9.47 Å². The quantitative estimate of drug-likeness (QED) is 0.335. The van der Waals surface area contributed by atoms with Crippen molar-refractivity contribution in [2.24, 2.45) is 5.73 Å². The van der Waals surface area contributed by atoms with Crippen LogP contribution in [0.15, 0.2) is 48.5 Å². The maximum Gasteiger partial charge on any atom is 0.394 e. The van der Waals surface area contributed by atoms with Gasteiger partial charge in [-0.25, -0.2) is 4.79 Å². The van der Waals surface area contributed by atoms with E-state index in [0.29, 0.717) is 18.0 Å². The largest absolute Gasteiger partial charge is 0.496 e. The van der Waals surface area contributed by atoms with Crippen LogP contribution in [0, 0.1) is 6.92 Å². The van der Waals surface area contributed by atoms with Crippen LogP contribution in [0.1, 0.15) is 11.1 Å². The van der Waals surface area contributed by atoms with E-state index in [9.17, 15) is 4.79 Å². The molecule has 0 saturated carbocycles. The maximum absolute atomic E-state index is 11.7. The highest BCUT2D eigenvalue weighted by Gasteiger charge is 2.10. The van der Waals surface area contributed by atoms with Gasteiger partial charge in [0, 0.05) is 5.56 Å². The number of aryl methyl sites for hydroxylation is 1. The molecule has 0 aliphatic heterocycles. The minimum Gasteiger partial charge on any atom is -0.496 e. The molecule has 0 fully saturated rings. The third-order valence-corrected chi connectivity index (χ3v) is 3.25. The van der Waals surface area contributed by atoms with Gasteiger partial charge in [-0.2, -0.15) is 0 Å². The fourth-order valence-corrected chi connectivity index (χ4v) is 2.02. The molecule has 0 heterocycles. The maximum atomic E-state index is 11.7. The molecule has 6 nitrogen and oxygen atoms in total.